The molecule has 2 aliphatic heterocycles. The Kier molecular flexibility index (Phi) is 4.05. The Hall–Kier alpha value is -2.23. The molecule has 1 amide bonds. The highest BCUT2D eigenvalue weighted by molar-refractivity contribution is 7.99. The summed E-state index contributed by atoms with van der Waals surface area (Å²) in [5.74, 6) is 0.281. The van der Waals surface area contributed by atoms with Crippen LogP contribution in [0.5, 0.6) is 0 Å². The molecule has 0 saturated carbocycles. The third-order valence-electron chi connectivity index (χ3n) is 4.64. The monoisotopic (exact) mass is 339 g/mol. The van der Waals surface area contributed by atoms with Gasteiger partial charge < -0.3 is 15.1 Å². The summed E-state index contributed by atoms with van der Waals surface area (Å²) in [6.07, 6.45) is 3.41. The van der Waals surface area contributed by atoms with Crippen molar-refractivity contribution in [1.29, 1.82) is 5.26 Å². The first kappa shape index (κ1) is 15.3. The number of furan rings is 1. The van der Waals surface area contributed by atoms with E-state index in [0.717, 1.165) is 17.7 Å². The Morgan fingerprint density at radius 1 is 1.25 bits per heavy atom. The maximum Gasteiger partial charge on any atom is 0.251 e. The summed E-state index contributed by atoms with van der Waals surface area (Å²) < 4.78 is 5.35. The van der Waals surface area contributed by atoms with Crippen LogP contribution < -0.4 is 10.6 Å². The second-order valence-electron chi connectivity index (χ2n) is 6.22. The van der Waals surface area contributed by atoms with Crippen LogP contribution in [0, 0.1) is 11.3 Å². The Morgan fingerprint density at radius 3 is 2.71 bits per heavy atom. The van der Waals surface area contributed by atoms with Crippen molar-refractivity contribution in [2.75, 3.05) is 0 Å². The van der Waals surface area contributed by atoms with Crippen molar-refractivity contribution in [3.63, 3.8) is 0 Å². The molecule has 6 heteroatoms. The van der Waals surface area contributed by atoms with Crippen LogP contribution in [0.2, 0.25) is 0 Å². The Balaban J connectivity index is 1.38. The number of fused-ring (bicyclic) bond motifs is 2. The lowest BCUT2D eigenvalue weighted by Crippen LogP contribution is -2.42. The zero-order chi connectivity index (χ0) is 16.5. The molecule has 4 rings (SSSR count). The van der Waals surface area contributed by atoms with Crippen molar-refractivity contribution in [1.82, 2.24) is 10.6 Å². The molecule has 2 bridgehead atoms. The van der Waals surface area contributed by atoms with Crippen molar-refractivity contribution in [3.05, 3.63) is 47.7 Å². The summed E-state index contributed by atoms with van der Waals surface area (Å²) in [6, 6.07) is 14.1. The summed E-state index contributed by atoms with van der Waals surface area (Å²) in [7, 11) is 0. The maximum absolute atomic E-state index is 12.4. The molecule has 2 N–H and O–H groups in total. The topological polar surface area (TPSA) is 78.1 Å². The van der Waals surface area contributed by atoms with Gasteiger partial charge in [0.2, 0.25) is 5.76 Å². The van der Waals surface area contributed by atoms with E-state index < -0.39 is 0 Å². The van der Waals surface area contributed by atoms with Gasteiger partial charge in [0, 0.05) is 28.6 Å². The molecule has 0 spiro atoms. The van der Waals surface area contributed by atoms with Gasteiger partial charge in [0.1, 0.15) is 6.07 Å². The van der Waals surface area contributed by atoms with Gasteiger partial charge in [0.05, 0.1) is 0 Å². The van der Waals surface area contributed by atoms with Crippen LogP contribution in [0.15, 0.2) is 50.8 Å². The van der Waals surface area contributed by atoms with Gasteiger partial charge in [-0.1, -0.05) is 11.8 Å². The lowest BCUT2D eigenvalue weighted by atomic mass is 9.95. The first-order valence-electron chi connectivity index (χ1n) is 8.06. The molecular weight excluding hydrogens is 322 g/mol. The summed E-state index contributed by atoms with van der Waals surface area (Å²) >= 11 is 1.43. The lowest BCUT2D eigenvalue weighted by Gasteiger charge is -2.21. The van der Waals surface area contributed by atoms with Gasteiger partial charge in [-0.15, -0.1) is 0 Å². The molecule has 3 heterocycles. The molecule has 1 aromatic heterocycles. The van der Waals surface area contributed by atoms with E-state index in [1.54, 1.807) is 12.1 Å². The molecular formula is C18H17N3O2S. The van der Waals surface area contributed by atoms with E-state index in [4.69, 9.17) is 9.68 Å². The molecule has 3 atom stereocenters. The van der Waals surface area contributed by atoms with Gasteiger partial charge in [-0.2, -0.15) is 5.26 Å². The SMILES string of the molecule is N#Cc1ccc(Sc2ccc(C(=O)N[C@@H]3C[C@H]4CC[C@@H]3N4)cc2)o1. The molecule has 2 aliphatic rings. The van der Waals surface area contributed by atoms with Crippen LogP contribution in [0.4, 0.5) is 0 Å². The van der Waals surface area contributed by atoms with Gasteiger partial charge in [-0.25, -0.2) is 0 Å². The quantitative estimate of drug-likeness (QED) is 0.895. The van der Waals surface area contributed by atoms with Crippen LogP contribution in [0.1, 0.15) is 35.4 Å². The average Bonchev–Trinajstić information content (AvgIpc) is 3.32. The molecule has 1 aromatic carbocycles. The van der Waals surface area contributed by atoms with E-state index in [1.807, 2.05) is 30.3 Å². The number of nitrogens with zero attached hydrogens (tertiary/aromatic N) is 1. The zero-order valence-corrected chi connectivity index (χ0v) is 13.8. The first-order chi connectivity index (χ1) is 11.7. The number of nitriles is 1. The number of hydrogen-bond donors (Lipinski definition) is 2. The third-order valence-corrected chi connectivity index (χ3v) is 5.57. The fraction of sp³-hybridized carbons (Fsp3) is 0.333. The number of rotatable bonds is 4. The molecule has 122 valence electrons. The normalized spacial score (nSPS) is 24.7. The number of benzene rings is 1. The Labute approximate surface area is 144 Å². The Bertz CT molecular complexity index is 793. The number of carbonyl (C=O) groups is 1. The summed E-state index contributed by atoms with van der Waals surface area (Å²) in [6.45, 7) is 0. The summed E-state index contributed by atoms with van der Waals surface area (Å²) in [5, 5.41) is 16.1. The smallest absolute Gasteiger partial charge is 0.251 e. The van der Waals surface area contributed by atoms with E-state index in [-0.39, 0.29) is 11.9 Å². The highest BCUT2D eigenvalue weighted by atomic mass is 32.2. The third kappa shape index (κ3) is 3.05. The van der Waals surface area contributed by atoms with E-state index in [2.05, 4.69) is 10.6 Å². The van der Waals surface area contributed by atoms with Gasteiger partial charge >= 0.3 is 0 Å². The minimum atomic E-state index is -0.0179. The Morgan fingerprint density at radius 2 is 2.08 bits per heavy atom. The number of carbonyl (C=O) groups excluding carboxylic acids is 1. The molecule has 0 unspecified atom stereocenters. The molecule has 2 fully saturated rings. The minimum absolute atomic E-state index is 0.0179. The fourth-order valence-corrected chi connectivity index (χ4v) is 4.23. The molecule has 0 aliphatic carbocycles. The molecule has 5 nitrogen and oxygen atoms in total. The maximum atomic E-state index is 12.4. The van der Waals surface area contributed by atoms with Crippen LogP contribution in [0.25, 0.3) is 0 Å². The van der Waals surface area contributed by atoms with Crippen LogP contribution in [-0.4, -0.2) is 24.0 Å². The summed E-state index contributed by atoms with van der Waals surface area (Å²) in [5.41, 5.74) is 0.666. The molecule has 24 heavy (non-hydrogen) atoms. The second-order valence-corrected chi connectivity index (χ2v) is 7.30. The standard InChI is InChI=1S/C18H17N3O2S/c19-10-13-4-8-17(23-13)24-14-5-1-11(2-6-14)18(22)21-16-9-12-3-7-15(16)20-12/h1-2,4-6,8,12,15-16,20H,3,7,9H2,(H,21,22)/t12-,15+,16-/m1/s1. The van der Waals surface area contributed by atoms with Crippen molar-refractivity contribution in [2.24, 2.45) is 0 Å². The van der Waals surface area contributed by atoms with Gasteiger partial charge in [0.25, 0.3) is 5.91 Å². The number of amides is 1. The van der Waals surface area contributed by atoms with Crippen molar-refractivity contribution in [3.8, 4) is 6.07 Å². The van der Waals surface area contributed by atoms with Crippen LogP contribution >= 0.6 is 11.8 Å². The van der Waals surface area contributed by atoms with Crippen LogP contribution in [0.3, 0.4) is 0 Å². The predicted octanol–water partition coefficient (Wildman–Crippen LogP) is 2.93. The number of hydrogen-bond acceptors (Lipinski definition) is 5. The van der Waals surface area contributed by atoms with Gasteiger partial charge in [0.15, 0.2) is 5.09 Å². The minimum Gasteiger partial charge on any atom is -0.439 e. The lowest BCUT2D eigenvalue weighted by molar-refractivity contribution is 0.0931. The van der Waals surface area contributed by atoms with Crippen molar-refractivity contribution in [2.45, 2.75) is 47.4 Å². The van der Waals surface area contributed by atoms with Crippen molar-refractivity contribution >= 4 is 17.7 Å². The van der Waals surface area contributed by atoms with Crippen LogP contribution in [-0.2, 0) is 0 Å². The van der Waals surface area contributed by atoms with E-state index >= 15 is 0 Å². The first-order valence-corrected chi connectivity index (χ1v) is 8.88. The number of nitrogens with one attached hydrogen (secondary N) is 2. The predicted molar refractivity (Wildman–Crippen MR) is 89.8 cm³/mol. The largest absolute Gasteiger partial charge is 0.439 e. The highest BCUT2D eigenvalue weighted by Gasteiger charge is 2.39. The highest BCUT2D eigenvalue weighted by Crippen LogP contribution is 2.30. The molecule has 2 saturated heterocycles. The molecule has 0 radical (unpaired) electrons. The summed E-state index contributed by atoms with van der Waals surface area (Å²) in [4.78, 5) is 13.4. The second kappa shape index (κ2) is 6.34. The van der Waals surface area contributed by atoms with E-state index in [9.17, 15) is 4.79 Å². The van der Waals surface area contributed by atoms with Crippen molar-refractivity contribution < 1.29 is 9.21 Å². The zero-order valence-electron chi connectivity index (χ0n) is 13.0. The van der Waals surface area contributed by atoms with E-state index in [1.165, 1.54) is 18.2 Å². The van der Waals surface area contributed by atoms with E-state index in [0.29, 0.717) is 28.5 Å². The fourth-order valence-electron chi connectivity index (χ4n) is 3.46. The van der Waals surface area contributed by atoms with Gasteiger partial charge in [-0.05, 0) is 55.7 Å². The molecule has 2 aromatic rings. The van der Waals surface area contributed by atoms with Gasteiger partial charge in [-0.3, -0.25) is 4.79 Å². The average molecular weight is 339 g/mol.